The first-order chi connectivity index (χ1) is 11.2. The van der Waals surface area contributed by atoms with Crippen LogP contribution in [0.1, 0.15) is 21.8 Å². The van der Waals surface area contributed by atoms with Gasteiger partial charge in [0, 0.05) is 23.8 Å². The van der Waals surface area contributed by atoms with Gasteiger partial charge in [0.15, 0.2) is 5.96 Å². The van der Waals surface area contributed by atoms with E-state index in [1.807, 2.05) is 12.1 Å². The highest BCUT2D eigenvalue weighted by Gasteiger charge is 2.05. The summed E-state index contributed by atoms with van der Waals surface area (Å²) in [5.41, 5.74) is 4.46. The number of aromatic nitrogens is 2. The molecular weight excluding hydrogens is 433 g/mol. The number of nitrogens with one attached hydrogen (secondary N) is 2. The van der Waals surface area contributed by atoms with Crippen LogP contribution in [0.25, 0.3) is 5.65 Å². The van der Waals surface area contributed by atoms with Crippen molar-refractivity contribution in [2.45, 2.75) is 26.9 Å². The zero-order chi connectivity index (χ0) is 16.2. The molecule has 0 aromatic carbocycles. The fraction of sp³-hybridized carbons (Fsp3) is 0.294. The van der Waals surface area contributed by atoms with Crippen molar-refractivity contribution in [2.24, 2.45) is 4.99 Å². The van der Waals surface area contributed by atoms with E-state index in [1.165, 1.54) is 16.1 Å². The molecule has 0 aliphatic heterocycles. The monoisotopic (exact) mass is 455 g/mol. The van der Waals surface area contributed by atoms with Gasteiger partial charge in [0.05, 0.1) is 18.8 Å². The highest BCUT2D eigenvalue weighted by molar-refractivity contribution is 14.0. The molecule has 24 heavy (non-hydrogen) atoms. The molecule has 0 aliphatic carbocycles. The van der Waals surface area contributed by atoms with Crippen molar-refractivity contribution in [3.8, 4) is 0 Å². The van der Waals surface area contributed by atoms with Crippen LogP contribution in [0, 0.1) is 13.8 Å². The van der Waals surface area contributed by atoms with Gasteiger partial charge in [-0.1, -0.05) is 6.07 Å². The molecule has 2 N–H and O–H groups in total. The first kappa shape index (κ1) is 18.7. The van der Waals surface area contributed by atoms with Crippen LogP contribution >= 0.6 is 35.3 Å². The summed E-state index contributed by atoms with van der Waals surface area (Å²) >= 11 is 1.76. The van der Waals surface area contributed by atoms with Crippen molar-refractivity contribution in [3.05, 3.63) is 57.7 Å². The van der Waals surface area contributed by atoms with Crippen molar-refractivity contribution in [1.29, 1.82) is 0 Å². The van der Waals surface area contributed by atoms with Gasteiger partial charge in [-0.3, -0.25) is 4.99 Å². The van der Waals surface area contributed by atoms with Crippen molar-refractivity contribution >= 4 is 46.9 Å². The molecule has 0 radical (unpaired) electrons. The van der Waals surface area contributed by atoms with E-state index in [9.17, 15) is 0 Å². The summed E-state index contributed by atoms with van der Waals surface area (Å²) in [6.45, 7) is 5.64. The maximum absolute atomic E-state index is 4.62. The minimum absolute atomic E-state index is 0. The Kier molecular flexibility index (Phi) is 6.61. The standard InChI is InChI=1S/C17H21N5S.HI/c1-12-7-8-23-15(12)10-20-17(18-3)19-9-14-11-22-13(2)5-4-6-16(22)21-14;/h4-8,11H,9-10H2,1-3H3,(H2,18,19,20);1H. The summed E-state index contributed by atoms with van der Waals surface area (Å²) in [4.78, 5) is 10.2. The third-order valence-corrected chi connectivity index (χ3v) is 4.81. The maximum Gasteiger partial charge on any atom is 0.191 e. The topological polar surface area (TPSA) is 53.7 Å². The number of imidazole rings is 1. The Morgan fingerprint density at radius 1 is 1.21 bits per heavy atom. The number of nitrogens with zero attached hydrogens (tertiary/aromatic N) is 3. The van der Waals surface area contributed by atoms with Gasteiger partial charge in [-0.15, -0.1) is 35.3 Å². The Balaban J connectivity index is 0.00000208. The number of rotatable bonds is 4. The molecule has 0 aliphatic rings. The lowest BCUT2D eigenvalue weighted by Gasteiger charge is -2.10. The highest BCUT2D eigenvalue weighted by atomic mass is 127. The van der Waals surface area contributed by atoms with Gasteiger partial charge in [-0.05, 0) is 43.0 Å². The molecule has 0 spiro atoms. The molecule has 0 atom stereocenters. The van der Waals surface area contributed by atoms with Crippen molar-refractivity contribution in [2.75, 3.05) is 7.05 Å². The van der Waals surface area contributed by atoms with Crippen molar-refractivity contribution < 1.29 is 0 Å². The number of aryl methyl sites for hydroxylation is 2. The quantitative estimate of drug-likeness (QED) is 0.360. The van der Waals surface area contributed by atoms with E-state index in [0.29, 0.717) is 6.54 Å². The number of aliphatic imine (C=N–C) groups is 1. The van der Waals surface area contributed by atoms with E-state index in [1.54, 1.807) is 18.4 Å². The SMILES string of the molecule is CN=C(NCc1cn2c(C)cccc2n1)NCc1sccc1C.I. The maximum atomic E-state index is 4.62. The lowest BCUT2D eigenvalue weighted by molar-refractivity contribution is 0.802. The third-order valence-electron chi connectivity index (χ3n) is 3.79. The molecule has 3 aromatic heterocycles. The molecule has 0 saturated carbocycles. The minimum Gasteiger partial charge on any atom is -0.352 e. The first-order valence-electron chi connectivity index (χ1n) is 7.58. The lowest BCUT2D eigenvalue weighted by atomic mass is 10.3. The lowest BCUT2D eigenvalue weighted by Crippen LogP contribution is -2.36. The van der Waals surface area contributed by atoms with Gasteiger partial charge >= 0.3 is 0 Å². The van der Waals surface area contributed by atoms with Crippen LogP contribution in [0.4, 0.5) is 0 Å². The largest absolute Gasteiger partial charge is 0.352 e. The highest BCUT2D eigenvalue weighted by Crippen LogP contribution is 2.14. The third kappa shape index (κ3) is 4.27. The summed E-state index contributed by atoms with van der Waals surface area (Å²) in [6, 6.07) is 8.26. The normalized spacial score (nSPS) is 11.4. The van der Waals surface area contributed by atoms with Gasteiger partial charge in [0.2, 0.25) is 0 Å². The molecule has 3 rings (SSSR count). The van der Waals surface area contributed by atoms with Crippen LogP contribution in [0.3, 0.4) is 0 Å². The molecule has 128 valence electrons. The van der Waals surface area contributed by atoms with Gasteiger partial charge in [-0.2, -0.15) is 0 Å². The fourth-order valence-electron chi connectivity index (χ4n) is 2.43. The number of pyridine rings is 1. The number of hydrogen-bond acceptors (Lipinski definition) is 3. The Bertz CT molecular complexity index is 836. The minimum atomic E-state index is 0. The molecule has 0 fully saturated rings. The molecule has 3 aromatic rings. The van der Waals surface area contributed by atoms with Crippen molar-refractivity contribution in [1.82, 2.24) is 20.0 Å². The predicted octanol–water partition coefficient (Wildman–Crippen LogP) is 3.50. The number of guanidine groups is 1. The average Bonchev–Trinajstić information content (AvgIpc) is 3.14. The Labute approximate surface area is 163 Å². The van der Waals surface area contributed by atoms with Crippen LogP contribution in [0.2, 0.25) is 0 Å². The number of thiophene rings is 1. The Hall–Kier alpha value is -1.61. The van der Waals surface area contributed by atoms with Crippen molar-refractivity contribution in [3.63, 3.8) is 0 Å². The van der Waals surface area contributed by atoms with Gasteiger partial charge in [-0.25, -0.2) is 4.98 Å². The molecule has 0 bridgehead atoms. The van der Waals surface area contributed by atoms with Gasteiger partial charge in [0.25, 0.3) is 0 Å². The zero-order valence-electron chi connectivity index (χ0n) is 14.0. The molecule has 7 heteroatoms. The van der Waals surface area contributed by atoms with Crippen LogP contribution in [-0.2, 0) is 13.1 Å². The zero-order valence-corrected chi connectivity index (χ0v) is 17.2. The summed E-state index contributed by atoms with van der Waals surface area (Å²) in [6.07, 6.45) is 2.06. The number of halogens is 1. The second-order valence-electron chi connectivity index (χ2n) is 5.43. The predicted molar refractivity (Wildman–Crippen MR) is 111 cm³/mol. The van der Waals surface area contributed by atoms with E-state index in [-0.39, 0.29) is 24.0 Å². The summed E-state index contributed by atoms with van der Waals surface area (Å²) in [5.74, 6) is 0.784. The van der Waals surface area contributed by atoms with Crippen LogP contribution in [0.5, 0.6) is 0 Å². The second-order valence-corrected chi connectivity index (χ2v) is 6.43. The van der Waals surface area contributed by atoms with Gasteiger partial charge < -0.3 is 15.0 Å². The van der Waals surface area contributed by atoms with E-state index < -0.39 is 0 Å². The molecular formula is C17H22IN5S. The van der Waals surface area contributed by atoms with E-state index in [0.717, 1.165) is 23.8 Å². The van der Waals surface area contributed by atoms with Gasteiger partial charge in [0.1, 0.15) is 5.65 Å². The van der Waals surface area contributed by atoms with E-state index >= 15 is 0 Å². The average molecular weight is 455 g/mol. The fourth-order valence-corrected chi connectivity index (χ4v) is 3.27. The number of fused-ring (bicyclic) bond motifs is 1. The first-order valence-corrected chi connectivity index (χ1v) is 8.46. The second kappa shape index (κ2) is 8.48. The van der Waals surface area contributed by atoms with E-state index in [2.05, 4.69) is 62.6 Å². The molecule has 0 unspecified atom stereocenters. The Morgan fingerprint density at radius 3 is 2.67 bits per heavy atom. The molecule has 5 nitrogen and oxygen atoms in total. The van der Waals surface area contributed by atoms with Crippen LogP contribution in [-0.4, -0.2) is 22.4 Å². The summed E-state index contributed by atoms with van der Waals surface area (Å²) in [7, 11) is 1.78. The Morgan fingerprint density at radius 2 is 2.00 bits per heavy atom. The summed E-state index contributed by atoms with van der Waals surface area (Å²) in [5, 5.41) is 8.77. The number of hydrogen-bond donors (Lipinski definition) is 2. The smallest absolute Gasteiger partial charge is 0.191 e. The summed E-state index contributed by atoms with van der Waals surface area (Å²) < 4.78 is 2.10. The molecule has 3 heterocycles. The van der Waals surface area contributed by atoms with E-state index in [4.69, 9.17) is 0 Å². The molecule has 0 saturated heterocycles. The molecule has 0 amide bonds. The van der Waals surface area contributed by atoms with Crippen LogP contribution < -0.4 is 10.6 Å². The van der Waals surface area contributed by atoms with Crippen LogP contribution in [0.15, 0.2) is 40.8 Å².